The van der Waals surface area contributed by atoms with Crippen LogP contribution in [-0.4, -0.2) is 21.6 Å². The Morgan fingerprint density at radius 1 is 0.871 bits per heavy atom. The molecule has 0 fully saturated rings. The van der Waals surface area contributed by atoms with Crippen LogP contribution in [0, 0.1) is 0 Å². The highest BCUT2D eigenvalue weighted by Gasteiger charge is 2.17. The van der Waals surface area contributed by atoms with Gasteiger partial charge in [-0.2, -0.15) is 0 Å². The van der Waals surface area contributed by atoms with Crippen LogP contribution in [0.5, 0.6) is 5.75 Å². The normalized spacial score (nSPS) is 10.9. The van der Waals surface area contributed by atoms with E-state index < -0.39 is 0 Å². The zero-order chi connectivity index (χ0) is 21.2. The molecule has 0 aliphatic heterocycles. The monoisotopic (exact) mass is 426 g/mol. The second kappa shape index (κ2) is 8.13. The van der Waals surface area contributed by atoms with Crippen LogP contribution in [0.2, 0.25) is 5.02 Å². The van der Waals surface area contributed by atoms with E-state index in [-0.39, 0.29) is 0 Å². The van der Waals surface area contributed by atoms with Crippen molar-refractivity contribution in [3.63, 3.8) is 0 Å². The molecular weight excluding hydrogens is 408 g/mol. The van der Waals surface area contributed by atoms with Crippen LogP contribution >= 0.6 is 11.6 Å². The molecule has 0 aliphatic carbocycles. The lowest BCUT2D eigenvalue weighted by atomic mass is 10.1. The summed E-state index contributed by atoms with van der Waals surface area (Å²) in [7, 11) is 1.66. The third kappa shape index (κ3) is 3.71. The molecule has 0 amide bonds. The number of nitrogens with zero attached hydrogens (tertiary/aromatic N) is 3. The van der Waals surface area contributed by atoms with Crippen molar-refractivity contribution in [1.82, 2.24) is 14.5 Å². The van der Waals surface area contributed by atoms with Crippen molar-refractivity contribution in [3.8, 4) is 22.6 Å². The van der Waals surface area contributed by atoms with E-state index in [1.165, 1.54) is 0 Å². The zero-order valence-electron chi connectivity index (χ0n) is 16.8. The van der Waals surface area contributed by atoms with Crippen LogP contribution in [0.4, 0.5) is 11.5 Å². The lowest BCUT2D eigenvalue weighted by Crippen LogP contribution is -2.00. The summed E-state index contributed by atoms with van der Waals surface area (Å²) in [5.74, 6) is 1.52. The van der Waals surface area contributed by atoms with Gasteiger partial charge in [0, 0.05) is 28.2 Å². The van der Waals surface area contributed by atoms with Gasteiger partial charge in [-0.3, -0.25) is 0 Å². The van der Waals surface area contributed by atoms with Gasteiger partial charge in [0.05, 0.1) is 7.11 Å². The Morgan fingerprint density at radius 2 is 1.61 bits per heavy atom. The van der Waals surface area contributed by atoms with Gasteiger partial charge in [0.15, 0.2) is 5.82 Å². The molecule has 2 heterocycles. The number of anilines is 2. The fourth-order valence-corrected chi connectivity index (χ4v) is 3.72. The van der Waals surface area contributed by atoms with E-state index in [4.69, 9.17) is 16.3 Å². The number of methoxy groups -OCH3 is 1. The first kappa shape index (κ1) is 19.2. The van der Waals surface area contributed by atoms with Gasteiger partial charge in [0.2, 0.25) is 0 Å². The predicted octanol–water partition coefficient (Wildman–Crippen LogP) is 6.49. The molecular formula is C25H19ClN4O. The van der Waals surface area contributed by atoms with E-state index in [0.717, 1.165) is 39.3 Å². The summed E-state index contributed by atoms with van der Waals surface area (Å²) in [6.07, 6.45) is 3.69. The smallest absolute Gasteiger partial charge is 0.158 e. The average Bonchev–Trinajstić information content (AvgIpc) is 3.22. The van der Waals surface area contributed by atoms with Gasteiger partial charge in [-0.05, 0) is 54.1 Å². The summed E-state index contributed by atoms with van der Waals surface area (Å²) in [5.41, 5.74) is 5.77. The van der Waals surface area contributed by atoms with Crippen LogP contribution in [-0.2, 0) is 0 Å². The van der Waals surface area contributed by atoms with Crippen LogP contribution in [0.25, 0.3) is 27.8 Å². The summed E-state index contributed by atoms with van der Waals surface area (Å²) in [4.78, 5) is 9.19. The van der Waals surface area contributed by atoms with E-state index >= 15 is 0 Å². The number of rotatable bonds is 5. The Hall–Kier alpha value is -3.83. The summed E-state index contributed by atoms with van der Waals surface area (Å²) in [6.45, 7) is 0. The van der Waals surface area contributed by atoms with E-state index in [2.05, 4.69) is 38.2 Å². The first-order valence-corrected chi connectivity index (χ1v) is 10.2. The van der Waals surface area contributed by atoms with Crippen LogP contribution in [0.1, 0.15) is 0 Å². The first-order valence-electron chi connectivity index (χ1n) is 9.81. The molecule has 0 atom stereocenters. The van der Waals surface area contributed by atoms with Crippen molar-refractivity contribution >= 4 is 34.1 Å². The molecule has 0 saturated carbocycles. The average molecular weight is 427 g/mol. The number of fused-ring (bicyclic) bond motifs is 1. The molecule has 6 heteroatoms. The summed E-state index contributed by atoms with van der Waals surface area (Å²) in [6, 6.07) is 25.7. The minimum Gasteiger partial charge on any atom is -0.497 e. The highest BCUT2D eigenvalue weighted by molar-refractivity contribution is 6.30. The Bertz CT molecular complexity index is 1330. The molecule has 5 nitrogen and oxygen atoms in total. The third-order valence-corrected chi connectivity index (χ3v) is 5.37. The van der Waals surface area contributed by atoms with E-state index in [9.17, 15) is 0 Å². The lowest BCUT2D eigenvalue weighted by Gasteiger charge is -2.11. The van der Waals surface area contributed by atoms with E-state index in [1.807, 2.05) is 66.7 Å². The van der Waals surface area contributed by atoms with Gasteiger partial charge in [-0.1, -0.05) is 41.9 Å². The SMILES string of the molecule is COc1ccc(-n2cc(-c3ccccc3)c3ncnc(Nc4ccc(Cl)cc4)c32)cc1. The third-order valence-electron chi connectivity index (χ3n) is 5.12. The molecule has 0 saturated heterocycles. The fraction of sp³-hybridized carbons (Fsp3) is 0.0400. The maximum absolute atomic E-state index is 6.04. The van der Waals surface area contributed by atoms with Gasteiger partial charge in [-0.15, -0.1) is 0 Å². The van der Waals surface area contributed by atoms with Crippen LogP contribution in [0.15, 0.2) is 91.4 Å². The maximum atomic E-state index is 6.04. The molecule has 152 valence electrons. The van der Waals surface area contributed by atoms with Crippen molar-refractivity contribution in [2.45, 2.75) is 0 Å². The molecule has 5 aromatic rings. The number of halogens is 1. The standard InChI is InChI=1S/C25H19ClN4O/c1-31-21-13-11-20(12-14-21)30-15-22(17-5-3-2-4-6-17)23-24(30)25(28-16-27-23)29-19-9-7-18(26)8-10-19/h2-16H,1H3,(H,27,28,29). The van der Waals surface area contributed by atoms with Gasteiger partial charge in [0.1, 0.15) is 23.1 Å². The number of benzene rings is 3. The molecule has 0 bridgehead atoms. The molecule has 2 aromatic heterocycles. The maximum Gasteiger partial charge on any atom is 0.158 e. The topological polar surface area (TPSA) is 52.0 Å². The zero-order valence-corrected chi connectivity index (χ0v) is 17.5. The van der Waals surface area contributed by atoms with Crippen molar-refractivity contribution in [2.75, 3.05) is 12.4 Å². The molecule has 1 N–H and O–H groups in total. The minimum atomic E-state index is 0.686. The number of aromatic nitrogens is 3. The Morgan fingerprint density at radius 3 is 2.32 bits per heavy atom. The Labute approximate surface area is 184 Å². The molecule has 0 unspecified atom stereocenters. The molecule has 0 aliphatic rings. The Kier molecular flexibility index (Phi) is 5.02. The van der Waals surface area contributed by atoms with E-state index in [0.29, 0.717) is 10.8 Å². The van der Waals surface area contributed by atoms with Crippen LogP contribution in [0.3, 0.4) is 0 Å². The molecule has 3 aromatic carbocycles. The Balaban J connectivity index is 1.72. The van der Waals surface area contributed by atoms with Crippen molar-refractivity contribution in [3.05, 3.63) is 96.4 Å². The highest BCUT2D eigenvalue weighted by Crippen LogP contribution is 2.35. The van der Waals surface area contributed by atoms with Gasteiger partial charge < -0.3 is 14.6 Å². The largest absolute Gasteiger partial charge is 0.497 e. The predicted molar refractivity (Wildman–Crippen MR) is 126 cm³/mol. The summed E-state index contributed by atoms with van der Waals surface area (Å²) < 4.78 is 7.43. The number of hydrogen-bond donors (Lipinski definition) is 1. The van der Waals surface area contributed by atoms with Crippen molar-refractivity contribution in [1.29, 1.82) is 0 Å². The molecule has 0 radical (unpaired) electrons. The minimum absolute atomic E-state index is 0.686. The number of nitrogens with one attached hydrogen (secondary N) is 1. The fourth-order valence-electron chi connectivity index (χ4n) is 3.60. The second-order valence-electron chi connectivity index (χ2n) is 7.03. The van der Waals surface area contributed by atoms with Gasteiger partial charge in [-0.25, -0.2) is 9.97 Å². The molecule has 31 heavy (non-hydrogen) atoms. The molecule has 0 spiro atoms. The van der Waals surface area contributed by atoms with Gasteiger partial charge >= 0.3 is 0 Å². The lowest BCUT2D eigenvalue weighted by molar-refractivity contribution is 0.415. The quantitative estimate of drug-likeness (QED) is 0.349. The summed E-state index contributed by atoms with van der Waals surface area (Å²) >= 11 is 6.04. The number of hydrogen-bond acceptors (Lipinski definition) is 4. The first-order chi connectivity index (χ1) is 15.2. The van der Waals surface area contributed by atoms with Crippen molar-refractivity contribution in [2.24, 2.45) is 0 Å². The second-order valence-corrected chi connectivity index (χ2v) is 7.46. The number of ether oxygens (including phenoxy) is 1. The van der Waals surface area contributed by atoms with E-state index in [1.54, 1.807) is 13.4 Å². The van der Waals surface area contributed by atoms with Crippen molar-refractivity contribution < 1.29 is 4.74 Å². The van der Waals surface area contributed by atoms with Crippen LogP contribution < -0.4 is 10.1 Å². The molecule has 5 rings (SSSR count). The highest BCUT2D eigenvalue weighted by atomic mass is 35.5. The summed E-state index contributed by atoms with van der Waals surface area (Å²) in [5, 5.41) is 4.10. The van der Waals surface area contributed by atoms with Gasteiger partial charge in [0.25, 0.3) is 0 Å².